The zero-order chi connectivity index (χ0) is 62.4. The van der Waals surface area contributed by atoms with Gasteiger partial charge in [0.05, 0.1) is 75.1 Å². The van der Waals surface area contributed by atoms with Crippen LogP contribution < -0.4 is 11.1 Å². The molecule has 14 fully saturated rings. The quantitative estimate of drug-likeness (QED) is 0.171. The fraction of sp³-hybridized carbons (Fsp3) is 0.958. The van der Waals surface area contributed by atoms with E-state index < -0.39 is 12.2 Å². The van der Waals surface area contributed by atoms with Crippen LogP contribution in [0.15, 0.2) is 0 Å². The Hall–Kier alpha value is -1.95. The topological polar surface area (TPSA) is 192 Å². The van der Waals surface area contributed by atoms with Crippen LogP contribution in [0.2, 0.25) is 0 Å². The monoisotopic (exact) mass is 1210 g/mol. The van der Waals surface area contributed by atoms with E-state index >= 15 is 0 Å². The molecule has 14 rings (SSSR count). The van der Waals surface area contributed by atoms with E-state index in [1.54, 1.807) is 6.92 Å². The number of nitrogens with two attached hydrogens (primary N) is 1. The van der Waals surface area contributed by atoms with Crippen LogP contribution in [-0.2, 0) is 42.8 Å². The predicted molar refractivity (Wildman–Crippen MR) is 332 cm³/mol. The Kier molecular flexibility index (Phi) is 15.8. The van der Waals surface area contributed by atoms with Crippen LogP contribution in [-0.4, -0.2) is 152 Å². The molecule has 26 atom stereocenters. The summed E-state index contributed by atoms with van der Waals surface area (Å²) in [5.41, 5.74) is 7.27. The van der Waals surface area contributed by atoms with E-state index in [1.807, 2.05) is 37.5 Å². The highest BCUT2D eigenvalue weighted by Crippen LogP contribution is 2.91. The summed E-state index contributed by atoms with van der Waals surface area (Å²) in [7, 11) is 0. The first kappa shape index (κ1) is 63.8. The summed E-state index contributed by atoms with van der Waals surface area (Å²) in [6.07, 6.45) is 17.1. The first-order chi connectivity index (χ1) is 40.9. The zero-order valence-corrected chi connectivity index (χ0v) is 56.6. The van der Waals surface area contributed by atoms with E-state index in [9.17, 15) is 24.6 Å². The van der Waals surface area contributed by atoms with Crippen molar-refractivity contribution < 1.29 is 53.0 Å². The summed E-state index contributed by atoms with van der Waals surface area (Å²) in [4.78, 5) is 40.9. The maximum Gasteiger partial charge on any atom is 0.225 e. The summed E-state index contributed by atoms with van der Waals surface area (Å²) in [6.45, 7) is 38.4. The minimum atomic E-state index is -0.487. The number of hydrogen-bond donors (Lipinski definition) is 4. The van der Waals surface area contributed by atoms with Crippen molar-refractivity contribution in [3.05, 3.63) is 0 Å². The minimum absolute atomic E-state index is 0.00521. The number of rotatable bonds is 9. The van der Waals surface area contributed by atoms with Crippen molar-refractivity contribution in [3.8, 4) is 0 Å². The van der Waals surface area contributed by atoms with Gasteiger partial charge in [-0.3, -0.25) is 14.4 Å². The largest absolute Gasteiger partial charge is 0.390 e. The van der Waals surface area contributed by atoms with Crippen LogP contribution in [0, 0.1) is 113 Å². The van der Waals surface area contributed by atoms with E-state index in [0.29, 0.717) is 121 Å². The van der Waals surface area contributed by atoms with Crippen molar-refractivity contribution in [2.45, 2.75) is 268 Å². The first-order valence-electron chi connectivity index (χ1n) is 35.6. The third-order valence-corrected chi connectivity index (χ3v) is 30.8. The Labute approximate surface area is 523 Å². The highest BCUT2D eigenvalue weighted by Gasteiger charge is 2.87. The molecule has 4 aliphatic heterocycles. The molecule has 0 aromatic carbocycles. The van der Waals surface area contributed by atoms with E-state index in [-0.39, 0.29) is 111 Å². The Morgan fingerprint density at radius 2 is 0.966 bits per heavy atom. The maximum absolute atomic E-state index is 12.7. The molecule has 0 radical (unpaired) electrons. The normalized spacial score (nSPS) is 52.8. The average Bonchev–Trinajstić information content (AvgIpc) is 1.47. The number of nitrogens with zero attached hydrogens (tertiary/aromatic N) is 2. The van der Waals surface area contributed by atoms with Gasteiger partial charge in [0.1, 0.15) is 0 Å². The highest BCUT2D eigenvalue weighted by atomic mass is 16.7. The second-order valence-corrected chi connectivity index (χ2v) is 35.2. The molecule has 15 nitrogen and oxygen atoms in total. The summed E-state index contributed by atoms with van der Waals surface area (Å²) in [6, 6.07) is 0. The summed E-state index contributed by atoms with van der Waals surface area (Å²) < 4.78 is 39.1. The van der Waals surface area contributed by atoms with Crippen LogP contribution >= 0.6 is 0 Å². The van der Waals surface area contributed by atoms with Gasteiger partial charge in [0, 0.05) is 55.8 Å². The minimum Gasteiger partial charge on any atom is -0.390 e. The second kappa shape index (κ2) is 21.5. The Bertz CT molecular complexity index is 2650. The van der Waals surface area contributed by atoms with E-state index in [4.69, 9.17) is 34.2 Å². The molecule has 87 heavy (non-hydrogen) atoms. The second-order valence-electron chi connectivity index (χ2n) is 35.2. The molecule has 4 saturated heterocycles. The van der Waals surface area contributed by atoms with Gasteiger partial charge in [-0.05, 0) is 193 Å². The Balaban J connectivity index is 0.000000161. The molecular weight excluding hydrogens is 1100 g/mol. The standard InChI is InChI=1S/C37H60N2O6.C35H58N2O5/c1-21(2)32(42)39-15-16-43-28(19-39)45-27-11-12-36-20-37(36)14-13-34(7)29-22(3)17-24(18-38-23(4)40)44-30(29)31(41)35(34,8)26(37)10-9-25(36)33(27,5)6;1-20(2)30(39)37-14-15-40-26(18-37)42-25-10-11-34-19-35(34)13-12-32(6)27-21(3)16-22(17-36)41-28(27)29(38)33(32,7)24(35)9-8-23(34)31(25,4)5/h21-22,24-31,41H,9-20H2,1-8H3,(H,38,40);20-29,38H,8-19,36H2,1-7H3/t22-,24-,25+,26+,27+,28+,29+,30+,31+,34-,35-,36-,37+;21-,22-,23+,24+,25+,26+,27+,28+,29+,32-,33-,34-,35+/m11/s1. The van der Waals surface area contributed by atoms with Crippen molar-refractivity contribution in [3.63, 3.8) is 0 Å². The van der Waals surface area contributed by atoms with Crippen molar-refractivity contribution in [1.82, 2.24) is 15.1 Å². The van der Waals surface area contributed by atoms with Crippen molar-refractivity contribution in [2.75, 3.05) is 52.5 Å². The highest BCUT2D eigenvalue weighted by molar-refractivity contribution is 5.78. The van der Waals surface area contributed by atoms with Crippen LogP contribution in [0.25, 0.3) is 0 Å². The number of nitrogens with one attached hydrogen (secondary N) is 1. The van der Waals surface area contributed by atoms with E-state index in [2.05, 4.69) is 74.6 Å². The molecule has 14 aliphatic rings. The number of ether oxygens (including phenoxy) is 6. The van der Waals surface area contributed by atoms with Gasteiger partial charge in [0.25, 0.3) is 0 Å². The lowest BCUT2D eigenvalue weighted by atomic mass is 9.41. The van der Waals surface area contributed by atoms with Crippen LogP contribution in [0.1, 0.15) is 207 Å². The fourth-order valence-corrected chi connectivity index (χ4v) is 26.7. The first-order valence-corrected chi connectivity index (χ1v) is 35.6. The summed E-state index contributed by atoms with van der Waals surface area (Å²) in [5.74, 6) is 4.28. The fourth-order valence-electron chi connectivity index (χ4n) is 26.7. The molecule has 0 unspecified atom stereocenters. The van der Waals surface area contributed by atoms with Crippen molar-refractivity contribution >= 4 is 17.7 Å². The van der Waals surface area contributed by atoms with Crippen molar-refractivity contribution in [1.29, 1.82) is 0 Å². The van der Waals surface area contributed by atoms with Gasteiger partial charge in [0.2, 0.25) is 17.7 Å². The van der Waals surface area contributed by atoms with Crippen LogP contribution in [0.4, 0.5) is 0 Å². The number of aliphatic hydroxyl groups excluding tert-OH is 2. The van der Waals surface area contributed by atoms with Gasteiger partial charge in [-0.25, -0.2) is 0 Å². The summed E-state index contributed by atoms with van der Waals surface area (Å²) >= 11 is 0. The van der Waals surface area contributed by atoms with Gasteiger partial charge in [-0.1, -0.05) is 96.9 Å². The third kappa shape index (κ3) is 8.84. The lowest BCUT2D eigenvalue weighted by molar-refractivity contribution is -0.248. The molecule has 0 aromatic heterocycles. The van der Waals surface area contributed by atoms with Crippen LogP contribution in [0.5, 0.6) is 0 Å². The molecule has 5 N–H and O–H groups in total. The smallest absolute Gasteiger partial charge is 0.225 e. The molecule has 3 amide bonds. The SMILES string of the molecule is CC(=O)NC[C@H]1C[C@@H](C)[C@H]2[C@H](O1)[C@H](O)[C@@]1(C)[C@@H]3CC[C@H]4C(C)(C)[C@@H](O[C@H]5CN(C(=O)C(C)C)CCO5)CC[C@@]45C[C@@]35CC[C@]21C.CC(C)C(=O)N1CCO[C@@H](O[C@H]2CC[C@]34C[C@]35CC[C@]3(C)[C@@H]6[C@H](O[C@@H](CN)C[C@H]6C)[C@H](O)[C@@]3(C)[C@@H]5CC[C@H]4C2(C)C)C1. The molecule has 15 heteroatoms. The average molecular weight is 1220 g/mol. The molecule has 0 bridgehead atoms. The lowest BCUT2D eigenvalue weighted by Gasteiger charge is -2.64. The lowest BCUT2D eigenvalue weighted by Crippen LogP contribution is -2.60. The molecule has 0 aromatic rings. The number of amides is 3. The Morgan fingerprint density at radius 1 is 0.575 bits per heavy atom. The molecule has 4 spiro atoms. The maximum atomic E-state index is 12.7. The molecule has 4 heterocycles. The van der Waals surface area contributed by atoms with Gasteiger partial charge in [0.15, 0.2) is 12.6 Å². The van der Waals surface area contributed by atoms with E-state index in [1.165, 1.54) is 64.2 Å². The molecule has 492 valence electrons. The third-order valence-electron chi connectivity index (χ3n) is 30.8. The van der Waals surface area contributed by atoms with Crippen molar-refractivity contribution in [2.24, 2.45) is 119 Å². The van der Waals surface area contributed by atoms with Gasteiger partial charge >= 0.3 is 0 Å². The number of aliphatic hydroxyl groups is 2. The number of carbonyl (C=O) groups is 3. The number of carbonyl (C=O) groups excluding carboxylic acids is 3. The predicted octanol–water partition coefficient (Wildman–Crippen LogP) is 10.1. The van der Waals surface area contributed by atoms with Gasteiger partial charge in [-0.15, -0.1) is 0 Å². The van der Waals surface area contributed by atoms with Gasteiger partial charge in [-0.2, -0.15) is 0 Å². The number of morpholine rings is 2. The zero-order valence-electron chi connectivity index (χ0n) is 56.6. The molecule has 10 saturated carbocycles. The number of hydrogen-bond acceptors (Lipinski definition) is 12. The molecule has 10 aliphatic carbocycles. The molecular formula is C72H118N4O11. The van der Waals surface area contributed by atoms with E-state index in [0.717, 1.165) is 38.5 Å². The summed E-state index contributed by atoms with van der Waals surface area (Å²) in [5, 5.41) is 27.6. The van der Waals surface area contributed by atoms with Crippen LogP contribution in [0.3, 0.4) is 0 Å². The number of fused-ring (bicyclic) bond motifs is 8. The van der Waals surface area contributed by atoms with Gasteiger partial charge < -0.3 is 59.5 Å². The Morgan fingerprint density at radius 3 is 1.37 bits per heavy atom.